The van der Waals surface area contributed by atoms with Crippen LogP contribution in [-0.2, 0) is 14.3 Å². The van der Waals surface area contributed by atoms with E-state index in [1.54, 1.807) is 19.1 Å². The van der Waals surface area contributed by atoms with Crippen molar-refractivity contribution in [2.75, 3.05) is 31.7 Å². The molecule has 7 heteroatoms. The first-order valence-corrected chi connectivity index (χ1v) is 10.3. The Kier molecular flexibility index (Phi) is 7.30. The molecule has 3 rings (SSSR count). The van der Waals surface area contributed by atoms with E-state index in [1.165, 1.54) is 0 Å². The van der Waals surface area contributed by atoms with Crippen LogP contribution < -0.4 is 10.1 Å². The molecule has 0 saturated heterocycles. The fourth-order valence-electron chi connectivity index (χ4n) is 3.21. The number of hydrogen-bond acceptors (Lipinski definition) is 5. The molecule has 0 fully saturated rings. The number of esters is 1. The smallest absolute Gasteiger partial charge is 0.340 e. The Bertz CT molecular complexity index is 945. The van der Waals surface area contributed by atoms with Gasteiger partial charge in [0.15, 0.2) is 0 Å². The molecular formula is C23H28N2O5. The van der Waals surface area contributed by atoms with Crippen LogP contribution in [0.2, 0.25) is 0 Å². The Hall–Kier alpha value is -3.06. The Labute approximate surface area is 176 Å². The van der Waals surface area contributed by atoms with E-state index in [0.717, 1.165) is 30.7 Å². The molecule has 1 aliphatic heterocycles. The third-order valence-electron chi connectivity index (χ3n) is 4.68. The molecular weight excluding hydrogens is 384 g/mol. The molecule has 0 bridgehead atoms. The van der Waals surface area contributed by atoms with Crippen LogP contribution in [-0.4, -0.2) is 43.3 Å². The highest BCUT2D eigenvalue weighted by Crippen LogP contribution is 2.36. The lowest BCUT2D eigenvalue weighted by Gasteiger charge is -2.08. The molecule has 2 heterocycles. The minimum atomic E-state index is -0.424. The van der Waals surface area contributed by atoms with Crippen LogP contribution in [0.15, 0.2) is 24.3 Å². The largest absolute Gasteiger partial charge is 0.491 e. The van der Waals surface area contributed by atoms with Crippen LogP contribution >= 0.6 is 0 Å². The standard InChI is InChI=1S/C23H28N2O5/c1-4-6-9-28-10-11-30-16-7-8-20-17(13-16)18(22(26)25-20)14-21-19(12-15(3)24-21)23(27)29-5-2/h7-8,12-14,24H,4-6,9-11H2,1-3H3,(H,25,26)/b18-14-. The normalized spacial score (nSPS) is 14.0. The molecule has 0 unspecified atom stereocenters. The lowest BCUT2D eigenvalue weighted by Crippen LogP contribution is -2.07. The number of fused-ring (bicyclic) bond motifs is 1. The van der Waals surface area contributed by atoms with Crippen LogP contribution in [0.3, 0.4) is 0 Å². The van der Waals surface area contributed by atoms with Gasteiger partial charge in [0, 0.05) is 23.6 Å². The number of ether oxygens (including phenoxy) is 3. The number of amides is 1. The topological polar surface area (TPSA) is 89.7 Å². The first-order chi connectivity index (χ1) is 14.5. The number of benzene rings is 1. The van der Waals surface area contributed by atoms with Crippen molar-refractivity contribution in [2.24, 2.45) is 0 Å². The zero-order valence-electron chi connectivity index (χ0n) is 17.7. The van der Waals surface area contributed by atoms with E-state index in [1.807, 2.05) is 25.1 Å². The minimum absolute atomic E-state index is 0.230. The monoisotopic (exact) mass is 412 g/mol. The van der Waals surface area contributed by atoms with E-state index in [4.69, 9.17) is 14.2 Å². The highest BCUT2D eigenvalue weighted by Gasteiger charge is 2.26. The molecule has 2 N–H and O–H groups in total. The Balaban J connectivity index is 1.79. The summed E-state index contributed by atoms with van der Waals surface area (Å²) in [6, 6.07) is 7.17. The van der Waals surface area contributed by atoms with E-state index in [0.29, 0.717) is 41.5 Å². The van der Waals surface area contributed by atoms with Gasteiger partial charge in [-0.25, -0.2) is 4.79 Å². The van der Waals surface area contributed by atoms with Crippen molar-refractivity contribution < 1.29 is 23.8 Å². The summed E-state index contributed by atoms with van der Waals surface area (Å²) in [4.78, 5) is 27.9. The Morgan fingerprint density at radius 1 is 1.13 bits per heavy atom. The SMILES string of the molecule is CCCCOCCOc1ccc2c(c1)/C(=C/c1[nH]c(C)cc1C(=O)OCC)C(=O)N2. The molecule has 160 valence electrons. The number of nitrogens with one attached hydrogen (secondary N) is 2. The number of anilines is 1. The van der Waals surface area contributed by atoms with E-state index < -0.39 is 5.97 Å². The van der Waals surface area contributed by atoms with Gasteiger partial charge in [-0.2, -0.15) is 0 Å². The third-order valence-corrected chi connectivity index (χ3v) is 4.68. The van der Waals surface area contributed by atoms with Crippen LogP contribution in [0.4, 0.5) is 5.69 Å². The number of aromatic amines is 1. The number of aromatic nitrogens is 1. The van der Waals surface area contributed by atoms with Crippen molar-refractivity contribution in [3.8, 4) is 5.75 Å². The average molecular weight is 412 g/mol. The molecule has 0 atom stereocenters. The zero-order valence-corrected chi connectivity index (χ0v) is 17.7. The van der Waals surface area contributed by atoms with Crippen molar-refractivity contribution in [3.63, 3.8) is 0 Å². The Morgan fingerprint density at radius 3 is 2.73 bits per heavy atom. The zero-order chi connectivity index (χ0) is 21.5. The molecule has 1 amide bonds. The molecule has 0 aliphatic carbocycles. The average Bonchev–Trinajstić information content (AvgIpc) is 3.24. The number of unbranched alkanes of at least 4 members (excludes halogenated alkanes) is 1. The van der Waals surface area contributed by atoms with Gasteiger partial charge >= 0.3 is 5.97 Å². The molecule has 1 aliphatic rings. The number of carbonyl (C=O) groups excluding carboxylic acids is 2. The van der Waals surface area contributed by atoms with Gasteiger partial charge in [0.25, 0.3) is 5.91 Å². The van der Waals surface area contributed by atoms with Crippen molar-refractivity contribution in [1.82, 2.24) is 4.98 Å². The highest BCUT2D eigenvalue weighted by molar-refractivity contribution is 6.35. The molecule has 30 heavy (non-hydrogen) atoms. The number of hydrogen-bond donors (Lipinski definition) is 2. The predicted molar refractivity (Wildman–Crippen MR) is 116 cm³/mol. The molecule has 0 radical (unpaired) electrons. The number of aryl methyl sites for hydroxylation is 1. The van der Waals surface area contributed by atoms with E-state index in [-0.39, 0.29) is 12.5 Å². The number of rotatable bonds is 10. The maximum absolute atomic E-state index is 12.6. The van der Waals surface area contributed by atoms with Crippen LogP contribution in [0.25, 0.3) is 11.6 Å². The van der Waals surface area contributed by atoms with Gasteiger partial charge in [-0.3, -0.25) is 4.79 Å². The van der Waals surface area contributed by atoms with Gasteiger partial charge in [0.2, 0.25) is 0 Å². The second-order valence-electron chi connectivity index (χ2n) is 7.03. The number of H-pyrrole nitrogens is 1. The van der Waals surface area contributed by atoms with Gasteiger partial charge < -0.3 is 24.5 Å². The number of carbonyl (C=O) groups is 2. The summed E-state index contributed by atoms with van der Waals surface area (Å²) < 4.78 is 16.4. The van der Waals surface area contributed by atoms with E-state index in [9.17, 15) is 9.59 Å². The van der Waals surface area contributed by atoms with Gasteiger partial charge in [-0.05, 0) is 50.6 Å². The lowest BCUT2D eigenvalue weighted by atomic mass is 10.0. The fourth-order valence-corrected chi connectivity index (χ4v) is 3.21. The summed E-state index contributed by atoms with van der Waals surface area (Å²) in [5.41, 5.74) is 3.65. The van der Waals surface area contributed by atoms with Crippen molar-refractivity contribution in [1.29, 1.82) is 0 Å². The van der Waals surface area contributed by atoms with Crippen molar-refractivity contribution >= 4 is 29.2 Å². The summed E-state index contributed by atoms with van der Waals surface area (Å²) in [5.74, 6) is 0.00289. The maximum Gasteiger partial charge on any atom is 0.340 e. The minimum Gasteiger partial charge on any atom is -0.491 e. The lowest BCUT2D eigenvalue weighted by molar-refractivity contribution is -0.110. The van der Waals surface area contributed by atoms with Crippen LogP contribution in [0, 0.1) is 6.92 Å². The van der Waals surface area contributed by atoms with Gasteiger partial charge in [0.1, 0.15) is 12.4 Å². The summed E-state index contributed by atoms with van der Waals surface area (Å²) in [6.07, 6.45) is 3.81. The second kappa shape index (κ2) is 10.1. The predicted octanol–water partition coefficient (Wildman–Crippen LogP) is 4.19. The summed E-state index contributed by atoms with van der Waals surface area (Å²) in [6.45, 7) is 7.69. The maximum atomic E-state index is 12.6. The first-order valence-electron chi connectivity index (χ1n) is 10.3. The van der Waals surface area contributed by atoms with Crippen molar-refractivity contribution in [2.45, 2.75) is 33.6 Å². The molecule has 1 aromatic carbocycles. The molecule has 1 aromatic heterocycles. The molecule has 0 spiro atoms. The van der Waals surface area contributed by atoms with Gasteiger partial charge in [-0.1, -0.05) is 13.3 Å². The summed E-state index contributed by atoms with van der Waals surface area (Å²) >= 11 is 0. The fraction of sp³-hybridized carbons (Fsp3) is 0.391. The van der Waals surface area contributed by atoms with Crippen molar-refractivity contribution in [3.05, 3.63) is 46.8 Å². The first kappa shape index (κ1) is 21.6. The summed E-state index contributed by atoms with van der Waals surface area (Å²) in [7, 11) is 0. The molecule has 2 aromatic rings. The second-order valence-corrected chi connectivity index (χ2v) is 7.03. The Morgan fingerprint density at radius 2 is 1.97 bits per heavy atom. The van der Waals surface area contributed by atoms with E-state index in [2.05, 4.69) is 17.2 Å². The van der Waals surface area contributed by atoms with Crippen LogP contribution in [0.1, 0.15) is 54.0 Å². The van der Waals surface area contributed by atoms with Crippen LogP contribution in [0.5, 0.6) is 5.75 Å². The quantitative estimate of drug-likeness (QED) is 0.347. The summed E-state index contributed by atoms with van der Waals surface area (Å²) in [5, 5.41) is 2.85. The molecule has 7 nitrogen and oxygen atoms in total. The van der Waals surface area contributed by atoms with Gasteiger partial charge in [-0.15, -0.1) is 0 Å². The van der Waals surface area contributed by atoms with E-state index >= 15 is 0 Å². The third kappa shape index (κ3) is 5.10. The molecule has 0 saturated carbocycles. The van der Waals surface area contributed by atoms with Gasteiger partial charge in [0.05, 0.1) is 30.0 Å². The highest BCUT2D eigenvalue weighted by atomic mass is 16.5.